The Morgan fingerprint density at radius 3 is 2.80 bits per heavy atom. The molecule has 2 rings (SSSR count). The molecular weight excluding hydrogens is 190 g/mol. The van der Waals surface area contributed by atoms with Crippen LogP contribution in [0.3, 0.4) is 0 Å². The molecule has 0 saturated heterocycles. The monoisotopic (exact) mass is 197 g/mol. The molecule has 2 heterocycles. The van der Waals surface area contributed by atoms with Crippen molar-refractivity contribution >= 4 is 11.4 Å². The molecule has 0 aliphatic heterocycles. The van der Waals surface area contributed by atoms with Gasteiger partial charge in [0.2, 0.25) is 0 Å². The molecule has 15 heavy (non-hydrogen) atoms. The molecule has 5 heteroatoms. The van der Waals surface area contributed by atoms with Gasteiger partial charge in [0.25, 0.3) is 0 Å². The van der Waals surface area contributed by atoms with Crippen molar-refractivity contribution in [2.75, 3.05) is 5.32 Å². The quantitative estimate of drug-likeness (QED) is 0.789. The second-order valence-electron chi connectivity index (χ2n) is 2.76. The predicted molar refractivity (Wildman–Crippen MR) is 54.3 cm³/mol. The van der Waals surface area contributed by atoms with Gasteiger partial charge in [-0.15, -0.1) is 0 Å². The topological polar surface area (TPSA) is 74.5 Å². The molecule has 0 bridgehead atoms. The van der Waals surface area contributed by atoms with E-state index >= 15 is 0 Å². The number of hydrogen-bond donors (Lipinski definition) is 1. The minimum absolute atomic E-state index is 0.348. The summed E-state index contributed by atoms with van der Waals surface area (Å²) in [5, 5.41) is 11.8. The van der Waals surface area contributed by atoms with Gasteiger partial charge in [0.15, 0.2) is 5.69 Å². The van der Waals surface area contributed by atoms with Crippen molar-refractivity contribution in [3.05, 3.63) is 42.7 Å². The third kappa shape index (κ3) is 2.06. The lowest BCUT2D eigenvalue weighted by molar-refractivity contribution is 1.16. The summed E-state index contributed by atoms with van der Waals surface area (Å²) in [5.41, 5.74) is 1.72. The van der Waals surface area contributed by atoms with Crippen LogP contribution in [0.2, 0.25) is 0 Å². The van der Waals surface area contributed by atoms with Crippen LogP contribution in [0.1, 0.15) is 5.69 Å². The molecule has 0 aromatic carbocycles. The summed E-state index contributed by atoms with van der Waals surface area (Å²) >= 11 is 0. The van der Waals surface area contributed by atoms with E-state index in [2.05, 4.69) is 20.3 Å². The molecular formula is C10H7N5. The molecule has 0 fully saturated rings. The zero-order valence-corrected chi connectivity index (χ0v) is 7.75. The first-order valence-corrected chi connectivity index (χ1v) is 4.27. The van der Waals surface area contributed by atoms with Crippen LogP contribution in [0, 0.1) is 11.3 Å². The smallest absolute Gasteiger partial charge is 0.163 e. The second-order valence-corrected chi connectivity index (χ2v) is 2.76. The van der Waals surface area contributed by atoms with E-state index < -0.39 is 0 Å². The summed E-state index contributed by atoms with van der Waals surface area (Å²) in [6.45, 7) is 0. The van der Waals surface area contributed by atoms with Gasteiger partial charge in [-0.05, 0) is 12.1 Å². The normalized spacial score (nSPS) is 9.27. The van der Waals surface area contributed by atoms with Gasteiger partial charge in [-0.2, -0.15) is 5.26 Å². The van der Waals surface area contributed by atoms with E-state index in [9.17, 15) is 0 Å². The first-order valence-electron chi connectivity index (χ1n) is 4.27. The van der Waals surface area contributed by atoms with Gasteiger partial charge in [-0.25, -0.2) is 15.0 Å². The van der Waals surface area contributed by atoms with Crippen LogP contribution in [0.25, 0.3) is 0 Å². The molecule has 2 aromatic heterocycles. The lowest BCUT2D eigenvalue weighted by Gasteiger charge is -2.05. The fourth-order valence-corrected chi connectivity index (χ4v) is 1.11. The van der Waals surface area contributed by atoms with Gasteiger partial charge in [0.1, 0.15) is 12.4 Å². The lowest BCUT2D eigenvalue weighted by atomic mass is 10.3. The molecule has 0 atom stereocenters. The maximum Gasteiger partial charge on any atom is 0.163 e. The fourth-order valence-electron chi connectivity index (χ4n) is 1.11. The first kappa shape index (κ1) is 9.09. The van der Waals surface area contributed by atoms with Crippen LogP contribution < -0.4 is 5.32 Å². The summed E-state index contributed by atoms with van der Waals surface area (Å²) in [7, 11) is 0. The third-order valence-corrected chi connectivity index (χ3v) is 1.75. The van der Waals surface area contributed by atoms with Crippen molar-refractivity contribution in [2.24, 2.45) is 0 Å². The van der Waals surface area contributed by atoms with Gasteiger partial charge in [-0.3, -0.25) is 0 Å². The van der Waals surface area contributed by atoms with Crippen LogP contribution in [-0.2, 0) is 0 Å². The molecule has 0 amide bonds. The third-order valence-electron chi connectivity index (χ3n) is 1.75. The Hall–Kier alpha value is -2.48. The standard InChI is InChI=1S/C10H7N5/c11-4-10-9(2-1-3-14-10)15-8-5-12-7-13-6-8/h1-3,5-7,15H. The number of nitriles is 1. The van der Waals surface area contributed by atoms with E-state index in [1.165, 1.54) is 6.33 Å². The van der Waals surface area contributed by atoms with E-state index in [1.807, 2.05) is 6.07 Å². The zero-order valence-electron chi connectivity index (χ0n) is 7.75. The average molecular weight is 197 g/mol. The number of rotatable bonds is 2. The predicted octanol–water partition coefficient (Wildman–Crippen LogP) is 1.49. The van der Waals surface area contributed by atoms with Gasteiger partial charge < -0.3 is 5.32 Å². The number of hydrogen-bond acceptors (Lipinski definition) is 5. The van der Waals surface area contributed by atoms with E-state index in [4.69, 9.17) is 5.26 Å². The SMILES string of the molecule is N#Cc1ncccc1Nc1cncnc1. The summed E-state index contributed by atoms with van der Waals surface area (Å²) in [6.07, 6.45) is 6.27. The maximum absolute atomic E-state index is 8.81. The van der Waals surface area contributed by atoms with E-state index in [-0.39, 0.29) is 0 Å². The molecule has 0 unspecified atom stereocenters. The Morgan fingerprint density at radius 2 is 2.07 bits per heavy atom. The molecule has 0 aliphatic rings. The zero-order chi connectivity index (χ0) is 10.5. The molecule has 72 valence electrons. The summed E-state index contributed by atoms with van der Waals surface area (Å²) < 4.78 is 0. The summed E-state index contributed by atoms with van der Waals surface area (Å²) in [6, 6.07) is 5.53. The second kappa shape index (κ2) is 4.15. The number of pyridine rings is 1. The number of anilines is 2. The highest BCUT2D eigenvalue weighted by Crippen LogP contribution is 2.16. The minimum Gasteiger partial charge on any atom is -0.351 e. The Morgan fingerprint density at radius 1 is 1.27 bits per heavy atom. The number of aromatic nitrogens is 3. The van der Waals surface area contributed by atoms with Crippen LogP contribution in [-0.4, -0.2) is 15.0 Å². The molecule has 0 spiro atoms. The van der Waals surface area contributed by atoms with E-state index in [0.29, 0.717) is 11.4 Å². The van der Waals surface area contributed by atoms with Crippen molar-refractivity contribution in [3.8, 4) is 6.07 Å². The average Bonchev–Trinajstić information content (AvgIpc) is 2.31. The first-order chi connectivity index (χ1) is 7.40. The largest absolute Gasteiger partial charge is 0.351 e. The van der Waals surface area contributed by atoms with Gasteiger partial charge in [-0.1, -0.05) is 0 Å². The highest BCUT2D eigenvalue weighted by Gasteiger charge is 2.01. The highest BCUT2D eigenvalue weighted by molar-refractivity contribution is 5.62. The maximum atomic E-state index is 8.81. The van der Waals surface area contributed by atoms with Gasteiger partial charge in [0.05, 0.1) is 23.8 Å². The van der Waals surface area contributed by atoms with Crippen molar-refractivity contribution in [1.82, 2.24) is 15.0 Å². The molecule has 0 radical (unpaired) electrons. The Balaban J connectivity index is 2.29. The summed E-state index contributed by atoms with van der Waals surface area (Å²) in [5.74, 6) is 0. The van der Waals surface area contributed by atoms with Gasteiger partial charge in [0, 0.05) is 6.20 Å². The van der Waals surface area contributed by atoms with Crippen molar-refractivity contribution in [3.63, 3.8) is 0 Å². The number of nitrogens with zero attached hydrogens (tertiary/aromatic N) is 4. The van der Waals surface area contributed by atoms with E-state index in [0.717, 1.165) is 5.69 Å². The Bertz CT molecular complexity index is 489. The number of nitrogens with one attached hydrogen (secondary N) is 1. The molecule has 1 N–H and O–H groups in total. The van der Waals surface area contributed by atoms with Crippen molar-refractivity contribution in [2.45, 2.75) is 0 Å². The van der Waals surface area contributed by atoms with Crippen molar-refractivity contribution < 1.29 is 0 Å². The van der Waals surface area contributed by atoms with Crippen LogP contribution in [0.15, 0.2) is 37.1 Å². The molecule has 5 nitrogen and oxygen atoms in total. The van der Waals surface area contributed by atoms with Crippen molar-refractivity contribution in [1.29, 1.82) is 5.26 Å². The van der Waals surface area contributed by atoms with Gasteiger partial charge >= 0.3 is 0 Å². The highest BCUT2D eigenvalue weighted by atomic mass is 14.9. The Kier molecular flexibility index (Phi) is 2.52. The lowest BCUT2D eigenvalue weighted by Crippen LogP contribution is -1.96. The van der Waals surface area contributed by atoms with Crippen LogP contribution in [0.4, 0.5) is 11.4 Å². The van der Waals surface area contributed by atoms with Crippen LogP contribution in [0.5, 0.6) is 0 Å². The molecule has 0 saturated carbocycles. The van der Waals surface area contributed by atoms with Crippen LogP contribution >= 0.6 is 0 Å². The molecule has 0 aliphatic carbocycles. The van der Waals surface area contributed by atoms with E-state index in [1.54, 1.807) is 30.7 Å². The summed E-state index contributed by atoms with van der Waals surface area (Å²) in [4.78, 5) is 11.6. The minimum atomic E-state index is 0.348. The molecule has 2 aromatic rings. The fraction of sp³-hybridized carbons (Fsp3) is 0. The Labute approximate surface area is 86.5 Å².